The number of hydrogen-bond acceptors (Lipinski definition) is 4. The minimum atomic E-state index is -0.680. The molecule has 0 aromatic heterocycles. The molecule has 6 nitrogen and oxygen atoms in total. The predicted octanol–water partition coefficient (Wildman–Crippen LogP) is 0.435. The molecule has 20 heavy (non-hydrogen) atoms. The van der Waals surface area contributed by atoms with E-state index in [1.54, 1.807) is 0 Å². The third-order valence-corrected chi connectivity index (χ3v) is 3.23. The minimum Gasteiger partial charge on any atom is -0.340 e. The highest BCUT2D eigenvalue weighted by atomic mass is 16.2. The fourth-order valence-electron chi connectivity index (χ4n) is 1.99. The van der Waals surface area contributed by atoms with E-state index in [-0.39, 0.29) is 12.3 Å². The van der Waals surface area contributed by atoms with Crippen LogP contribution in [0.2, 0.25) is 0 Å². The first kappa shape index (κ1) is 13.7. The van der Waals surface area contributed by atoms with Gasteiger partial charge >= 0.3 is 0 Å². The molecule has 1 saturated heterocycles. The molecule has 0 aliphatic carbocycles. The van der Waals surface area contributed by atoms with Crippen LogP contribution in [-0.4, -0.2) is 35.7 Å². The second kappa shape index (κ2) is 5.53. The van der Waals surface area contributed by atoms with Crippen LogP contribution in [0.25, 0.3) is 0 Å². The lowest BCUT2D eigenvalue weighted by Crippen LogP contribution is -2.52. The molecule has 1 aliphatic rings. The van der Waals surface area contributed by atoms with Crippen molar-refractivity contribution in [3.8, 4) is 6.07 Å². The number of likely N-dealkylation sites (N-methyl/N-ethyl adjacent to an activating group) is 1. The van der Waals surface area contributed by atoms with E-state index in [0.29, 0.717) is 17.5 Å². The average Bonchev–Trinajstić information content (AvgIpc) is 2.48. The highest BCUT2D eigenvalue weighted by molar-refractivity contribution is 6.03. The zero-order valence-corrected chi connectivity index (χ0v) is 10.9. The smallest absolute Gasteiger partial charge is 0.251 e. The van der Waals surface area contributed by atoms with E-state index in [1.807, 2.05) is 6.07 Å². The first-order valence-corrected chi connectivity index (χ1v) is 6.14. The molecule has 0 spiro atoms. The Morgan fingerprint density at radius 1 is 1.35 bits per heavy atom. The predicted molar refractivity (Wildman–Crippen MR) is 69.4 cm³/mol. The number of likely N-dealkylation sites (tertiary alicyclic amines) is 1. The number of nitrogens with zero attached hydrogens (tertiary/aromatic N) is 2. The third-order valence-electron chi connectivity index (χ3n) is 3.23. The minimum absolute atomic E-state index is 0.237. The summed E-state index contributed by atoms with van der Waals surface area (Å²) in [6.45, 7) is 0. The lowest BCUT2D eigenvalue weighted by atomic mass is 10.0. The zero-order chi connectivity index (χ0) is 14.7. The fourth-order valence-corrected chi connectivity index (χ4v) is 1.99. The monoisotopic (exact) mass is 271 g/mol. The number of amides is 3. The normalized spacial score (nSPS) is 18.6. The molecule has 0 bridgehead atoms. The van der Waals surface area contributed by atoms with Gasteiger partial charge < -0.3 is 5.32 Å². The average molecular weight is 271 g/mol. The largest absolute Gasteiger partial charge is 0.340 e. The highest BCUT2D eigenvalue weighted by Crippen LogP contribution is 2.12. The molecule has 1 fully saturated rings. The van der Waals surface area contributed by atoms with E-state index >= 15 is 0 Å². The van der Waals surface area contributed by atoms with Crippen LogP contribution in [0.15, 0.2) is 24.3 Å². The molecular formula is C14H13N3O3. The SMILES string of the molecule is CN1C(=O)CCC(NC(=O)c2ccc(C#N)cc2)C1=O. The standard InChI is InChI=1S/C14H13N3O3/c1-17-12(18)7-6-11(14(17)20)16-13(19)10-4-2-9(8-15)3-5-10/h2-5,11H,6-7H2,1H3,(H,16,19). The Kier molecular flexibility index (Phi) is 3.80. The van der Waals surface area contributed by atoms with Gasteiger partial charge in [0.1, 0.15) is 6.04 Å². The molecule has 1 aromatic carbocycles. The second-order valence-electron chi connectivity index (χ2n) is 4.54. The fraction of sp³-hybridized carbons (Fsp3) is 0.286. The third kappa shape index (κ3) is 2.67. The van der Waals surface area contributed by atoms with E-state index in [9.17, 15) is 14.4 Å². The Labute approximate surface area is 116 Å². The van der Waals surface area contributed by atoms with Gasteiger partial charge in [-0.25, -0.2) is 0 Å². The lowest BCUT2D eigenvalue weighted by molar-refractivity contribution is -0.147. The van der Waals surface area contributed by atoms with E-state index in [1.165, 1.54) is 31.3 Å². The van der Waals surface area contributed by atoms with Crippen LogP contribution in [0, 0.1) is 11.3 Å². The quantitative estimate of drug-likeness (QED) is 0.790. The maximum Gasteiger partial charge on any atom is 0.251 e. The number of benzene rings is 1. The molecule has 1 N–H and O–H groups in total. The van der Waals surface area contributed by atoms with Gasteiger partial charge in [-0.2, -0.15) is 5.26 Å². The van der Waals surface area contributed by atoms with E-state index in [2.05, 4.69) is 5.32 Å². The number of imide groups is 1. The van der Waals surface area contributed by atoms with Gasteiger partial charge in [-0.15, -0.1) is 0 Å². The maximum absolute atomic E-state index is 12.0. The van der Waals surface area contributed by atoms with E-state index in [4.69, 9.17) is 5.26 Å². The number of nitrogens with one attached hydrogen (secondary N) is 1. The Bertz CT molecular complexity index is 601. The number of carbonyl (C=O) groups excluding carboxylic acids is 3. The van der Waals surface area contributed by atoms with E-state index in [0.717, 1.165) is 4.90 Å². The lowest BCUT2D eigenvalue weighted by Gasteiger charge is -2.28. The summed E-state index contributed by atoms with van der Waals surface area (Å²) in [5.41, 5.74) is 0.831. The summed E-state index contributed by atoms with van der Waals surface area (Å²) in [4.78, 5) is 36.2. The molecule has 2 rings (SSSR count). The van der Waals surface area contributed by atoms with Crippen molar-refractivity contribution >= 4 is 17.7 Å². The summed E-state index contributed by atoms with van der Waals surface area (Å²) in [6, 6.07) is 7.40. The van der Waals surface area contributed by atoms with Gasteiger partial charge in [0.05, 0.1) is 11.6 Å². The van der Waals surface area contributed by atoms with Crippen molar-refractivity contribution in [2.45, 2.75) is 18.9 Å². The first-order valence-electron chi connectivity index (χ1n) is 6.14. The molecule has 1 aliphatic heterocycles. The number of hydrogen-bond donors (Lipinski definition) is 1. The Morgan fingerprint density at radius 2 is 2.00 bits per heavy atom. The van der Waals surface area contributed by atoms with Gasteiger partial charge in [-0.3, -0.25) is 19.3 Å². The van der Waals surface area contributed by atoms with Crippen molar-refractivity contribution in [1.29, 1.82) is 5.26 Å². The topological polar surface area (TPSA) is 90.3 Å². The molecule has 1 unspecified atom stereocenters. The summed E-state index contributed by atoms with van der Waals surface area (Å²) in [5, 5.41) is 11.3. The van der Waals surface area contributed by atoms with Gasteiger partial charge in [-0.05, 0) is 30.7 Å². The van der Waals surface area contributed by atoms with Gasteiger partial charge in [0.15, 0.2) is 0 Å². The maximum atomic E-state index is 12.0. The zero-order valence-electron chi connectivity index (χ0n) is 10.9. The second-order valence-corrected chi connectivity index (χ2v) is 4.54. The van der Waals surface area contributed by atoms with Crippen molar-refractivity contribution in [2.75, 3.05) is 7.05 Å². The van der Waals surface area contributed by atoms with Gasteiger partial charge in [0.25, 0.3) is 11.8 Å². The number of rotatable bonds is 2. The van der Waals surface area contributed by atoms with Crippen molar-refractivity contribution in [2.24, 2.45) is 0 Å². The van der Waals surface area contributed by atoms with Crippen LogP contribution in [0.5, 0.6) is 0 Å². The van der Waals surface area contributed by atoms with Crippen LogP contribution >= 0.6 is 0 Å². The van der Waals surface area contributed by atoms with Crippen LogP contribution in [-0.2, 0) is 9.59 Å². The van der Waals surface area contributed by atoms with E-state index < -0.39 is 17.9 Å². The van der Waals surface area contributed by atoms with Gasteiger partial charge in [-0.1, -0.05) is 0 Å². The molecule has 6 heteroatoms. The summed E-state index contributed by atoms with van der Waals surface area (Å²) in [7, 11) is 1.41. The molecule has 1 heterocycles. The Hall–Kier alpha value is -2.68. The van der Waals surface area contributed by atoms with Crippen LogP contribution in [0.4, 0.5) is 0 Å². The molecule has 0 radical (unpaired) electrons. The Morgan fingerprint density at radius 3 is 2.60 bits per heavy atom. The van der Waals surface area contributed by atoms with Crippen molar-refractivity contribution in [3.05, 3.63) is 35.4 Å². The van der Waals surface area contributed by atoms with Crippen molar-refractivity contribution in [1.82, 2.24) is 10.2 Å². The molecule has 1 aromatic rings. The summed E-state index contributed by atoms with van der Waals surface area (Å²) in [6.07, 6.45) is 0.546. The van der Waals surface area contributed by atoms with Crippen molar-refractivity contribution in [3.63, 3.8) is 0 Å². The van der Waals surface area contributed by atoms with Crippen LogP contribution in [0.3, 0.4) is 0 Å². The molecule has 3 amide bonds. The number of piperidine rings is 1. The molecule has 1 atom stereocenters. The molecular weight excluding hydrogens is 258 g/mol. The molecule has 102 valence electrons. The Balaban J connectivity index is 2.06. The number of carbonyl (C=O) groups is 3. The summed E-state index contributed by atoms with van der Waals surface area (Å²) >= 11 is 0. The summed E-state index contributed by atoms with van der Waals surface area (Å²) < 4.78 is 0. The first-order chi connectivity index (χ1) is 9.52. The van der Waals surface area contributed by atoms with Crippen LogP contribution in [0.1, 0.15) is 28.8 Å². The molecule has 0 saturated carbocycles. The highest BCUT2D eigenvalue weighted by Gasteiger charge is 2.32. The van der Waals surface area contributed by atoms with Crippen molar-refractivity contribution < 1.29 is 14.4 Å². The van der Waals surface area contributed by atoms with Gasteiger partial charge in [0.2, 0.25) is 5.91 Å². The van der Waals surface area contributed by atoms with Gasteiger partial charge in [0, 0.05) is 19.0 Å². The number of nitriles is 1. The summed E-state index contributed by atoms with van der Waals surface area (Å²) in [5.74, 6) is -1.03. The van der Waals surface area contributed by atoms with Crippen LogP contribution < -0.4 is 5.32 Å².